The van der Waals surface area contributed by atoms with Gasteiger partial charge in [0.1, 0.15) is 11.5 Å². The molecule has 2 aromatic heterocycles. The molecule has 1 aromatic carbocycles. The van der Waals surface area contributed by atoms with Gasteiger partial charge in [0, 0.05) is 38.1 Å². The van der Waals surface area contributed by atoms with Gasteiger partial charge >= 0.3 is 0 Å². The Morgan fingerprint density at radius 3 is 2.55 bits per heavy atom. The molecule has 31 heavy (non-hydrogen) atoms. The molecule has 0 spiro atoms. The zero-order valence-corrected chi connectivity index (χ0v) is 17.8. The molecule has 4 rings (SSSR count). The van der Waals surface area contributed by atoms with Crippen molar-refractivity contribution in [2.75, 3.05) is 32.4 Å². The fraction of sp³-hybridized carbons (Fsp3) is 0.368. The maximum atomic E-state index is 14.8. The number of aromatic nitrogens is 3. The van der Waals surface area contributed by atoms with Crippen molar-refractivity contribution >= 4 is 26.9 Å². The van der Waals surface area contributed by atoms with Gasteiger partial charge in [0.05, 0.1) is 23.2 Å². The molecule has 0 saturated carbocycles. The van der Waals surface area contributed by atoms with Crippen molar-refractivity contribution in [3.05, 3.63) is 41.1 Å². The summed E-state index contributed by atoms with van der Waals surface area (Å²) in [6.45, 7) is 2.58. The van der Waals surface area contributed by atoms with Crippen molar-refractivity contribution in [1.82, 2.24) is 24.3 Å². The van der Waals surface area contributed by atoms with Gasteiger partial charge in [0.15, 0.2) is 11.4 Å². The SMILES string of the molecule is Cc1noc2cc(-c3nc(CN)cc(C(=O)N4CCN(S(C)(=O)=O)CC4)n3)c(F)cc12. The van der Waals surface area contributed by atoms with Gasteiger partial charge in [-0.25, -0.2) is 22.8 Å². The highest BCUT2D eigenvalue weighted by molar-refractivity contribution is 7.88. The number of fused-ring (bicyclic) bond motifs is 1. The zero-order valence-electron chi connectivity index (χ0n) is 17.0. The van der Waals surface area contributed by atoms with Crippen LogP contribution in [0.25, 0.3) is 22.4 Å². The van der Waals surface area contributed by atoms with E-state index in [1.165, 1.54) is 27.4 Å². The van der Waals surface area contributed by atoms with E-state index < -0.39 is 21.7 Å². The van der Waals surface area contributed by atoms with Gasteiger partial charge in [-0.05, 0) is 25.1 Å². The van der Waals surface area contributed by atoms with Gasteiger partial charge in [-0.1, -0.05) is 5.16 Å². The van der Waals surface area contributed by atoms with Crippen LogP contribution in [0.4, 0.5) is 4.39 Å². The Bertz CT molecular complexity index is 1270. The predicted molar refractivity (Wildman–Crippen MR) is 110 cm³/mol. The van der Waals surface area contributed by atoms with E-state index in [9.17, 15) is 17.6 Å². The van der Waals surface area contributed by atoms with E-state index in [4.69, 9.17) is 10.3 Å². The lowest BCUT2D eigenvalue weighted by atomic mass is 10.1. The molecule has 3 aromatic rings. The summed E-state index contributed by atoms with van der Waals surface area (Å²) in [4.78, 5) is 23.1. The maximum Gasteiger partial charge on any atom is 0.272 e. The summed E-state index contributed by atoms with van der Waals surface area (Å²) in [7, 11) is -3.32. The number of halogens is 1. The zero-order chi connectivity index (χ0) is 22.3. The van der Waals surface area contributed by atoms with Crippen LogP contribution in [0, 0.1) is 12.7 Å². The number of rotatable bonds is 4. The van der Waals surface area contributed by atoms with Crippen molar-refractivity contribution in [2.45, 2.75) is 13.5 Å². The summed E-state index contributed by atoms with van der Waals surface area (Å²) in [6.07, 6.45) is 1.14. The summed E-state index contributed by atoms with van der Waals surface area (Å²) in [5.74, 6) is -0.967. The van der Waals surface area contributed by atoms with Crippen LogP contribution in [0.1, 0.15) is 21.9 Å². The number of hydrogen-bond donors (Lipinski definition) is 1. The van der Waals surface area contributed by atoms with E-state index in [0.29, 0.717) is 22.4 Å². The van der Waals surface area contributed by atoms with Crippen LogP contribution in [0.15, 0.2) is 22.7 Å². The average molecular weight is 448 g/mol. The Labute approximate surface area is 177 Å². The molecule has 12 heteroatoms. The van der Waals surface area contributed by atoms with Crippen LogP contribution >= 0.6 is 0 Å². The molecule has 0 atom stereocenters. The first-order chi connectivity index (χ1) is 14.7. The number of carbonyl (C=O) groups is 1. The van der Waals surface area contributed by atoms with Crippen LogP contribution in [0.3, 0.4) is 0 Å². The van der Waals surface area contributed by atoms with Crippen LogP contribution in [-0.4, -0.2) is 71.1 Å². The smallest absolute Gasteiger partial charge is 0.272 e. The molecule has 0 radical (unpaired) electrons. The van der Waals surface area contributed by atoms with Gasteiger partial charge in [-0.2, -0.15) is 4.31 Å². The lowest BCUT2D eigenvalue weighted by Gasteiger charge is -2.33. The summed E-state index contributed by atoms with van der Waals surface area (Å²) >= 11 is 0. The van der Waals surface area contributed by atoms with E-state index in [-0.39, 0.29) is 49.8 Å². The summed E-state index contributed by atoms with van der Waals surface area (Å²) in [6, 6.07) is 4.20. The fourth-order valence-corrected chi connectivity index (χ4v) is 4.29. The molecule has 1 amide bonds. The molecule has 10 nitrogen and oxygen atoms in total. The molecule has 1 fully saturated rings. The molecule has 0 aliphatic carbocycles. The van der Waals surface area contributed by atoms with E-state index in [0.717, 1.165) is 6.26 Å². The van der Waals surface area contributed by atoms with Crippen molar-refractivity contribution in [3.63, 3.8) is 0 Å². The second-order valence-electron chi connectivity index (χ2n) is 7.32. The summed E-state index contributed by atoms with van der Waals surface area (Å²) < 4.78 is 44.7. The Hall–Kier alpha value is -2.96. The number of benzene rings is 1. The Balaban J connectivity index is 1.67. The second-order valence-corrected chi connectivity index (χ2v) is 9.31. The molecular formula is C19H21FN6O4S. The first-order valence-electron chi connectivity index (χ1n) is 9.55. The number of nitrogens with two attached hydrogens (primary N) is 1. The predicted octanol–water partition coefficient (Wildman–Crippen LogP) is 0.908. The standard InChI is InChI=1S/C19H21FN6O4S/c1-11-13-8-15(20)14(9-17(13)30-24-11)18-22-12(10-21)7-16(23-18)19(27)25-3-5-26(6-4-25)31(2,28)29/h7-9H,3-6,10,21H2,1-2H3. The fourth-order valence-electron chi connectivity index (χ4n) is 3.47. The van der Waals surface area contributed by atoms with E-state index in [1.54, 1.807) is 6.92 Å². The average Bonchev–Trinajstić information content (AvgIpc) is 3.11. The van der Waals surface area contributed by atoms with Gasteiger partial charge in [-0.15, -0.1) is 0 Å². The van der Waals surface area contributed by atoms with E-state index in [1.807, 2.05) is 0 Å². The van der Waals surface area contributed by atoms with Gasteiger partial charge in [-0.3, -0.25) is 4.79 Å². The van der Waals surface area contributed by atoms with Crippen LogP contribution in [-0.2, 0) is 16.6 Å². The molecule has 1 aliphatic rings. The van der Waals surface area contributed by atoms with E-state index in [2.05, 4.69) is 15.1 Å². The van der Waals surface area contributed by atoms with Gasteiger partial charge in [0.25, 0.3) is 5.91 Å². The number of aryl methyl sites for hydroxylation is 1. The highest BCUT2D eigenvalue weighted by atomic mass is 32.2. The van der Waals surface area contributed by atoms with Gasteiger partial charge < -0.3 is 15.2 Å². The third-order valence-corrected chi connectivity index (χ3v) is 6.49. The first kappa shape index (κ1) is 21.3. The number of sulfonamides is 1. The van der Waals surface area contributed by atoms with Crippen molar-refractivity contribution in [2.24, 2.45) is 5.73 Å². The van der Waals surface area contributed by atoms with Crippen LogP contribution in [0.2, 0.25) is 0 Å². The number of hydrogen-bond acceptors (Lipinski definition) is 8. The van der Waals surface area contributed by atoms with Crippen LogP contribution < -0.4 is 5.73 Å². The minimum absolute atomic E-state index is 0.00882. The lowest BCUT2D eigenvalue weighted by molar-refractivity contribution is 0.0692. The molecule has 3 heterocycles. The van der Waals surface area contributed by atoms with Crippen LogP contribution in [0.5, 0.6) is 0 Å². The highest BCUT2D eigenvalue weighted by Crippen LogP contribution is 2.28. The molecule has 0 unspecified atom stereocenters. The Morgan fingerprint density at radius 2 is 1.90 bits per heavy atom. The first-order valence-corrected chi connectivity index (χ1v) is 11.4. The molecule has 1 saturated heterocycles. The normalized spacial score (nSPS) is 15.5. The topological polar surface area (TPSA) is 136 Å². The number of nitrogens with zero attached hydrogens (tertiary/aromatic N) is 5. The van der Waals surface area contributed by atoms with Gasteiger partial charge in [0.2, 0.25) is 10.0 Å². The molecule has 0 bridgehead atoms. The minimum atomic E-state index is -3.32. The lowest BCUT2D eigenvalue weighted by Crippen LogP contribution is -2.50. The monoisotopic (exact) mass is 448 g/mol. The van der Waals surface area contributed by atoms with Crippen molar-refractivity contribution in [3.8, 4) is 11.4 Å². The second kappa shape index (κ2) is 7.94. The summed E-state index contributed by atoms with van der Waals surface area (Å²) in [5.41, 5.74) is 7.16. The number of carbonyl (C=O) groups excluding carboxylic acids is 1. The Kier molecular flexibility index (Phi) is 5.45. The molecule has 1 aliphatic heterocycles. The molecule has 2 N–H and O–H groups in total. The summed E-state index contributed by atoms with van der Waals surface area (Å²) in [5, 5.41) is 4.36. The third kappa shape index (κ3) is 4.13. The molecule has 164 valence electrons. The van der Waals surface area contributed by atoms with Crippen molar-refractivity contribution in [1.29, 1.82) is 0 Å². The number of amides is 1. The minimum Gasteiger partial charge on any atom is -0.356 e. The third-order valence-electron chi connectivity index (χ3n) is 5.18. The largest absolute Gasteiger partial charge is 0.356 e. The Morgan fingerprint density at radius 1 is 1.19 bits per heavy atom. The van der Waals surface area contributed by atoms with Crippen molar-refractivity contribution < 1.29 is 22.1 Å². The quantitative estimate of drug-likeness (QED) is 0.622. The number of piperazine rings is 1. The molecular weight excluding hydrogens is 427 g/mol. The van der Waals surface area contributed by atoms with E-state index >= 15 is 0 Å². The highest BCUT2D eigenvalue weighted by Gasteiger charge is 2.28. The maximum absolute atomic E-state index is 14.8.